The number of carbonyl (C=O) groups is 9. The minimum atomic E-state index is -1.15. The van der Waals surface area contributed by atoms with E-state index in [0.29, 0.717) is 57.8 Å². The van der Waals surface area contributed by atoms with E-state index >= 15 is 0 Å². The second kappa shape index (κ2) is 37.3. The minimum absolute atomic E-state index is 0.0525. The van der Waals surface area contributed by atoms with Gasteiger partial charge in [-0.05, 0) is 77.6 Å². The maximum atomic E-state index is 13.8. The normalized spacial score (nSPS) is 14.0. The van der Waals surface area contributed by atoms with Crippen LogP contribution in [0.15, 0.2) is 0 Å². The molecule has 0 saturated heterocycles. The zero-order valence-electron chi connectivity index (χ0n) is 39.8. The van der Waals surface area contributed by atoms with Crippen LogP contribution in [0.4, 0.5) is 0 Å². The van der Waals surface area contributed by atoms with Gasteiger partial charge in [0.2, 0.25) is 53.2 Å². The highest BCUT2D eigenvalue weighted by molar-refractivity contribution is 5.93. The molecule has 0 spiro atoms. The number of hydrogen-bond donors (Lipinski definition) is 13. The van der Waals surface area contributed by atoms with Crippen LogP contribution < -0.4 is 71.2 Å². The molecule has 0 aliphatic carbocycles. The van der Waals surface area contributed by atoms with E-state index < -0.39 is 95.6 Å². The van der Waals surface area contributed by atoms with Gasteiger partial charge >= 0.3 is 0 Å². The molecule has 22 heteroatoms. The van der Waals surface area contributed by atoms with E-state index in [9.17, 15) is 43.2 Å². The fraction of sp³-hybridized carbons (Fsp3) is 0.638. The second-order valence-electron chi connectivity index (χ2n) is 16.4. The standard InChI is InChI=1S/C47H75N13O9/c1-6-19-32(48)41(63)53-28-16-12-23-36(58-43(65)34(50)21-8-3)45(67)56-30-18-13-24-37(46(68)55-27-15-10-11-26-39(61)57-31(5)40(52)62)60-47(69)38(59-44(66)35(51)22-9-4)25-14-17-29-54-42(64)33(49)20-7-2/h1-4,31-38H,10-30,48-51H2,5H3,(H2,52,62)(H,53,63)(H,54,64)(H,55,68)(H,56,67)(H,57,61)(H,58,65)(H,59,66)(H,60,69). The molecule has 0 aromatic rings. The van der Waals surface area contributed by atoms with Crippen molar-refractivity contribution in [2.24, 2.45) is 28.7 Å². The Balaban J connectivity index is 5.90. The van der Waals surface area contributed by atoms with E-state index in [2.05, 4.69) is 66.2 Å². The lowest BCUT2D eigenvalue weighted by molar-refractivity contribution is -0.132. The maximum absolute atomic E-state index is 13.8. The summed E-state index contributed by atoms with van der Waals surface area (Å²) in [7, 11) is 0. The Labute approximate surface area is 406 Å². The Kier molecular flexibility index (Phi) is 33.7. The van der Waals surface area contributed by atoms with Gasteiger partial charge in [-0.1, -0.05) is 6.42 Å². The average molecular weight is 966 g/mol. The predicted octanol–water partition coefficient (Wildman–Crippen LogP) is -3.63. The smallest absolute Gasteiger partial charge is 0.243 e. The highest BCUT2D eigenvalue weighted by Gasteiger charge is 2.28. The quantitative estimate of drug-likeness (QED) is 0.0212. The summed E-state index contributed by atoms with van der Waals surface area (Å²) in [5, 5.41) is 21.4. The highest BCUT2D eigenvalue weighted by atomic mass is 16.2. The number of amides is 9. The first-order valence-corrected chi connectivity index (χ1v) is 23.2. The van der Waals surface area contributed by atoms with Gasteiger partial charge in [-0.25, -0.2) is 0 Å². The Bertz CT molecular complexity index is 1850. The van der Waals surface area contributed by atoms with E-state index in [1.807, 2.05) is 0 Å². The molecule has 8 atom stereocenters. The summed E-state index contributed by atoms with van der Waals surface area (Å²) in [6.07, 6.45) is 25.4. The number of carbonyl (C=O) groups excluding carboxylic acids is 9. The molecule has 382 valence electrons. The van der Waals surface area contributed by atoms with Gasteiger partial charge in [-0.2, -0.15) is 0 Å². The number of primary amides is 1. The van der Waals surface area contributed by atoms with Crippen LogP contribution in [-0.4, -0.2) is 128 Å². The van der Waals surface area contributed by atoms with Crippen LogP contribution in [0.25, 0.3) is 0 Å². The molecule has 69 heavy (non-hydrogen) atoms. The van der Waals surface area contributed by atoms with Crippen molar-refractivity contribution in [2.45, 2.75) is 164 Å². The number of rotatable bonds is 37. The number of terminal acetylenes is 4. The number of hydrogen-bond acceptors (Lipinski definition) is 13. The third-order valence-electron chi connectivity index (χ3n) is 10.4. The summed E-state index contributed by atoms with van der Waals surface area (Å²) in [5.41, 5.74) is 28.5. The van der Waals surface area contributed by atoms with E-state index in [-0.39, 0.29) is 83.5 Å². The van der Waals surface area contributed by atoms with Crippen LogP contribution in [0, 0.1) is 49.4 Å². The first-order valence-electron chi connectivity index (χ1n) is 23.2. The Morgan fingerprint density at radius 2 is 0.710 bits per heavy atom. The van der Waals surface area contributed by atoms with E-state index in [1.54, 1.807) is 0 Å². The molecule has 9 amide bonds. The van der Waals surface area contributed by atoms with E-state index in [1.165, 1.54) is 6.92 Å². The van der Waals surface area contributed by atoms with Crippen LogP contribution >= 0.6 is 0 Å². The molecule has 8 unspecified atom stereocenters. The molecule has 0 saturated carbocycles. The molecule has 0 bridgehead atoms. The van der Waals surface area contributed by atoms with Gasteiger partial charge in [0.1, 0.15) is 24.2 Å². The molecular formula is C47H75N13O9. The number of nitrogens with two attached hydrogens (primary N) is 5. The fourth-order valence-corrected chi connectivity index (χ4v) is 6.26. The van der Waals surface area contributed by atoms with Crippen molar-refractivity contribution in [3.05, 3.63) is 0 Å². The molecule has 0 heterocycles. The monoisotopic (exact) mass is 966 g/mol. The zero-order valence-corrected chi connectivity index (χ0v) is 39.8. The molecule has 0 fully saturated rings. The van der Waals surface area contributed by atoms with Crippen LogP contribution in [0.2, 0.25) is 0 Å². The summed E-state index contributed by atoms with van der Waals surface area (Å²) >= 11 is 0. The lowest BCUT2D eigenvalue weighted by Gasteiger charge is -2.24. The molecule has 0 aromatic carbocycles. The first-order chi connectivity index (χ1) is 32.8. The Morgan fingerprint density at radius 3 is 1.06 bits per heavy atom. The van der Waals surface area contributed by atoms with Crippen molar-refractivity contribution in [1.29, 1.82) is 0 Å². The van der Waals surface area contributed by atoms with E-state index in [0.717, 1.165) is 0 Å². The SMILES string of the molecule is C#CCC(N)C(=O)NCCCCC(NC(=O)C(N)CC#C)C(=O)NCCCCC(NC(=O)C(CCCCNC(=O)C(N)CC#C)NC(=O)C(N)CC#C)C(=O)NCCCCCC(=O)NC(C)C(N)=O. The third kappa shape index (κ3) is 29.0. The van der Waals surface area contributed by atoms with Gasteiger partial charge in [0.05, 0.1) is 24.2 Å². The van der Waals surface area contributed by atoms with Gasteiger partial charge in [-0.15, -0.1) is 49.4 Å². The summed E-state index contributed by atoms with van der Waals surface area (Å²) < 4.78 is 0. The summed E-state index contributed by atoms with van der Waals surface area (Å²) in [4.78, 5) is 114. The molecule has 0 radical (unpaired) electrons. The van der Waals surface area contributed by atoms with Gasteiger partial charge in [-0.3, -0.25) is 43.2 Å². The van der Waals surface area contributed by atoms with Gasteiger partial charge in [0.15, 0.2) is 0 Å². The number of unbranched alkanes of at least 4 members (excludes halogenated alkanes) is 5. The Morgan fingerprint density at radius 1 is 0.406 bits per heavy atom. The van der Waals surface area contributed by atoms with Crippen molar-refractivity contribution in [2.75, 3.05) is 26.2 Å². The molecule has 0 aliphatic heterocycles. The van der Waals surface area contributed by atoms with Crippen LogP contribution in [-0.2, 0) is 43.2 Å². The maximum Gasteiger partial charge on any atom is 0.243 e. The van der Waals surface area contributed by atoms with Gasteiger partial charge in [0.25, 0.3) is 0 Å². The number of nitrogens with one attached hydrogen (secondary N) is 8. The van der Waals surface area contributed by atoms with Crippen LogP contribution in [0.1, 0.15) is 116 Å². The molecule has 22 nitrogen and oxygen atoms in total. The lowest BCUT2D eigenvalue weighted by Crippen LogP contribution is -2.55. The summed E-state index contributed by atoms with van der Waals surface area (Å²) in [5.74, 6) is 4.41. The van der Waals surface area contributed by atoms with Crippen molar-refractivity contribution < 1.29 is 43.2 Å². The third-order valence-corrected chi connectivity index (χ3v) is 10.4. The van der Waals surface area contributed by atoms with Crippen LogP contribution in [0.3, 0.4) is 0 Å². The fourth-order valence-electron chi connectivity index (χ4n) is 6.26. The van der Waals surface area contributed by atoms with E-state index in [4.69, 9.17) is 54.4 Å². The largest absolute Gasteiger partial charge is 0.368 e. The molecule has 0 aliphatic rings. The highest BCUT2D eigenvalue weighted by Crippen LogP contribution is 2.09. The zero-order chi connectivity index (χ0) is 52.1. The van der Waals surface area contributed by atoms with Gasteiger partial charge in [0, 0.05) is 58.3 Å². The van der Waals surface area contributed by atoms with Crippen molar-refractivity contribution in [3.8, 4) is 49.4 Å². The lowest BCUT2D eigenvalue weighted by atomic mass is 10.0. The van der Waals surface area contributed by atoms with Crippen LogP contribution in [0.5, 0.6) is 0 Å². The average Bonchev–Trinajstić information content (AvgIpc) is 3.30. The van der Waals surface area contributed by atoms with Crippen molar-refractivity contribution in [1.82, 2.24) is 42.5 Å². The topological polar surface area (TPSA) is 380 Å². The summed E-state index contributed by atoms with van der Waals surface area (Å²) in [6, 6.07) is -7.94. The first kappa shape index (κ1) is 62.3. The molecule has 18 N–H and O–H groups in total. The molecule has 0 rings (SSSR count). The molecule has 0 aromatic heterocycles. The minimum Gasteiger partial charge on any atom is -0.368 e. The molecular weight excluding hydrogens is 891 g/mol. The second-order valence-corrected chi connectivity index (χ2v) is 16.4. The summed E-state index contributed by atoms with van der Waals surface area (Å²) in [6.45, 7) is 2.26. The Hall–Kier alpha value is -6.69. The van der Waals surface area contributed by atoms with Crippen molar-refractivity contribution >= 4 is 53.2 Å². The predicted molar refractivity (Wildman–Crippen MR) is 260 cm³/mol. The van der Waals surface area contributed by atoms with Crippen molar-refractivity contribution in [3.63, 3.8) is 0 Å². The van der Waals surface area contributed by atoms with Gasteiger partial charge < -0.3 is 71.2 Å².